The first kappa shape index (κ1) is 14.4. The lowest BCUT2D eigenvalue weighted by Gasteiger charge is -2.33. The molecule has 4 rings (SSSR count). The predicted octanol–water partition coefficient (Wildman–Crippen LogP) is 2.22. The monoisotopic (exact) mass is 328 g/mol. The van der Waals surface area contributed by atoms with Crippen molar-refractivity contribution in [3.05, 3.63) is 41.8 Å². The van der Waals surface area contributed by atoms with E-state index in [1.165, 1.54) is 0 Å². The first-order valence-electron chi connectivity index (χ1n) is 7.60. The maximum absolute atomic E-state index is 6.09. The maximum Gasteiger partial charge on any atom is 0.168 e. The van der Waals surface area contributed by atoms with Crippen molar-refractivity contribution in [2.75, 3.05) is 38.1 Å². The molecule has 1 aliphatic rings. The summed E-state index contributed by atoms with van der Waals surface area (Å²) in [6, 6.07) is 7.61. The van der Waals surface area contributed by atoms with E-state index in [-0.39, 0.29) is 0 Å². The SMILES string of the molecule is CN1CCN(c2ncnc3c2cnn3-c2cccc(Cl)c2)CC1. The molecule has 118 valence electrons. The summed E-state index contributed by atoms with van der Waals surface area (Å²) in [6.07, 6.45) is 3.45. The van der Waals surface area contributed by atoms with Gasteiger partial charge in [0, 0.05) is 31.2 Å². The van der Waals surface area contributed by atoms with Gasteiger partial charge in [-0.15, -0.1) is 0 Å². The zero-order chi connectivity index (χ0) is 15.8. The van der Waals surface area contributed by atoms with E-state index in [9.17, 15) is 0 Å². The van der Waals surface area contributed by atoms with Gasteiger partial charge in [-0.3, -0.25) is 0 Å². The van der Waals surface area contributed by atoms with Crippen LogP contribution in [0.25, 0.3) is 16.7 Å². The van der Waals surface area contributed by atoms with Crippen molar-refractivity contribution < 1.29 is 0 Å². The summed E-state index contributed by atoms with van der Waals surface area (Å²) in [5.41, 5.74) is 1.70. The summed E-state index contributed by atoms with van der Waals surface area (Å²) in [5.74, 6) is 0.955. The fourth-order valence-electron chi connectivity index (χ4n) is 2.90. The van der Waals surface area contributed by atoms with Crippen LogP contribution < -0.4 is 4.90 Å². The van der Waals surface area contributed by atoms with Crippen molar-refractivity contribution in [2.45, 2.75) is 0 Å². The number of hydrogen-bond acceptors (Lipinski definition) is 5. The van der Waals surface area contributed by atoms with E-state index in [1.54, 1.807) is 6.33 Å². The van der Waals surface area contributed by atoms with Crippen molar-refractivity contribution in [2.24, 2.45) is 0 Å². The number of fused-ring (bicyclic) bond motifs is 1. The quantitative estimate of drug-likeness (QED) is 0.722. The molecule has 1 fully saturated rings. The lowest BCUT2D eigenvalue weighted by molar-refractivity contribution is 0.312. The van der Waals surface area contributed by atoms with E-state index in [1.807, 2.05) is 35.1 Å². The van der Waals surface area contributed by atoms with Crippen LogP contribution in [0.3, 0.4) is 0 Å². The lowest BCUT2D eigenvalue weighted by Crippen LogP contribution is -2.44. The first-order valence-corrected chi connectivity index (χ1v) is 7.98. The number of anilines is 1. The third-order valence-corrected chi connectivity index (χ3v) is 4.44. The van der Waals surface area contributed by atoms with Gasteiger partial charge in [0.2, 0.25) is 0 Å². The minimum absolute atomic E-state index is 0.680. The highest BCUT2D eigenvalue weighted by molar-refractivity contribution is 6.30. The summed E-state index contributed by atoms with van der Waals surface area (Å²) in [7, 11) is 2.14. The van der Waals surface area contributed by atoms with Gasteiger partial charge < -0.3 is 9.80 Å². The number of aromatic nitrogens is 4. The van der Waals surface area contributed by atoms with Gasteiger partial charge in [0.15, 0.2) is 5.65 Å². The Morgan fingerprint density at radius 3 is 2.70 bits per heavy atom. The maximum atomic E-state index is 6.09. The topological polar surface area (TPSA) is 50.1 Å². The van der Waals surface area contributed by atoms with Crippen LogP contribution in [0.2, 0.25) is 5.02 Å². The fraction of sp³-hybridized carbons (Fsp3) is 0.312. The molecule has 3 aromatic rings. The molecule has 0 N–H and O–H groups in total. The molecule has 0 aliphatic carbocycles. The summed E-state index contributed by atoms with van der Waals surface area (Å²) in [4.78, 5) is 13.5. The van der Waals surface area contributed by atoms with E-state index >= 15 is 0 Å². The molecule has 0 amide bonds. The van der Waals surface area contributed by atoms with Gasteiger partial charge >= 0.3 is 0 Å². The summed E-state index contributed by atoms with van der Waals surface area (Å²) >= 11 is 6.09. The molecule has 0 unspecified atom stereocenters. The zero-order valence-corrected chi connectivity index (χ0v) is 13.6. The van der Waals surface area contributed by atoms with Crippen LogP contribution in [0.1, 0.15) is 0 Å². The minimum Gasteiger partial charge on any atom is -0.353 e. The average Bonchev–Trinajstić information content (AvgIpc) is 3.00. The van der Waals surface area contributed by atoms with Gasteiger partial charge in [0.05, 0.1) is 17.3 Å². The van der Waals surface area contributed by atoms with Gasteiger partial charge in [0.1, 0.15) is 12.1 Å². The smallest absolute Gasteiger partial charge is 0.168 e. The highest BCUT2D eigenvalue weighted by Gasteiger charge is 2.19. The van der Waals surface area contributed by atoms with Crippen molar-refractivity contribution in [3.63, 3.8) is 0 Å². The van der Waals surface area contributed by atoms with Crippen LogP contribution in [-0.2, 0) is 0 Å². The summed E-state index contributed by atoms with van der Waals surface area (Å²) in [6.45, 7) is 4.00. The van der Waals surface area contributed by atoms with Crippen LogP contribution in [-0.4, -0.2) is 57.9 Å². The highest BCUT2D eigenvalue weighted by atomic mass is 35.5. The van der Waals surface area contributed by atoms with Gasteiger partial charge in [-0.25, -0.2) is 14.6 Å². The summed E-state index contributed by atoms with van der Waals surface area (Å²) < 4.78 is 1.81. The van der Waals surface area contributed by atoms with E-state index in [0.29, 0.717) is 5.02 Å². The lowest BCUT2D eigenvalue weighted by atomic mass is 10.3. The number of rotatable bonds is 2. The molecule has 23 heavy (non-hydrogen) atoms. The Morgan fingerprint density at radius 1 is 1.09 bits per heavy atom. The second-order valence-corrected chi connectivity index (χ2v) is 6.20. The van der Waals surface area contributed by atoms with Crippen molar-refractivity contribution in [3.8, 4) is 5.69 Å². The Morgan fingerprint density at radius 2 is 1.91 bits per heavy atom. The Bertz CT molecular complexity index is 837. The van der Waals surface area contributed by atoms with E-state index in [0.717, 1.165) is 48.7 Å². The molecule has 7 heteroatoms. The molecule has 2 aromatic heterocycles. The molecule has 1 saturated heterocycles. The highest BCUT2D eigenvalue weighted by Crippen LogP contribution is 2.26. The van der Waals surface area contributed by atoms with Gasteiger partial charge in [-0.1, -0.05) is 17.7 Å². The molecule has 0 radical (unpaired) electrons. The fourth-order valence-corrected chi connectivity index (χ4v) is 3.08. The van der Waals surface area contributed by atoms with Crippen LogP contribution in [0.4, 0.5) is 5.82 Å². The molecule has 1 aromatic carbocycles. The molecule has 0 bridgehead atoms. The third-order valence-electron chi connectivity index (χ3n) is 4.20. The van der Waals surface area contributed by atoms with Crippen LogP contribution >= 0.6 is 11.6 Å². The molecule has 1 aliphatic heterocycles. The van der Waals surface area contributed by atoms with Gasteiger partial charge in [-0.05, 0) is 25.2 Å². The van der Waals surface area contributed by atoms with Crippen LogP contribution in [0.15, 0.2) is 36.8 Å². The molecule has 3 heterocycles. The number of benzene rings is 1. The van der Waals surface area contributed by atoms with E-state index in [2.05, 4.69) is 31.9 Å². The van der Waals surface area contributed by atoms with E-state index in [4.69, 9.17) is 11.6 Å². The minimum atomic E-state index is 0.680. The Labute approximate surface area is 139 Å². The Kier molecular flexibility index (Phi) is 3.63. The second kappa shape index (κ2) is 5.79. The van der Waals surface area contributed by atoms with Gasteiger partial charge in [0.25, 0.3) is 0 Å². The number of likely N-dealkylation sites (N-methyl/N-ethyl adjacent to an activating group) is 1. The largest absolute Gasteiger partial charge is 0.353 e. The number of halogens is 1. The Hall–Kier alpha value is -2.18. The third kappa shape index (κ3) is 2.64. The number of hydrogen-bond donors (Lipinski definition) is 0. The average molecular weight is 329 g/mol. The van der Waals surface area contributed by atoms with Crippen molar-refractivity contribution in [1.29, 1.82) is 0 Å². The van der Waals surface area contributed by atoms with Crippen molar-refractivity contribution >= 4 is 28.5 Å². The molecule has 0 atom stereocenters. The van der Waals surface area contributed by atoms with Crippen LogP contribution in [0.5, 0.6) is 0 Å². The van der Waals surface area contributed by atoms with Crippen LogP contribution in [0, 0.1) is 0 Å². The predicted molar refractivity (Wildman–Crippen MR) is 91.4 cm³/mol. The zero-order valence-electron chi connectivity index (χ0n) is 12.9. The number of piperazine rings is 1. The second-order valence-electron chi connectivity index (χ2n) is 5.76. The Balaban J connectivity index is 1.78. The normalized spacial score (nSPS) is 16.2. The molecule has 0 spiro atoms. The summed E-state index contributed by atoms with van der Waals surface area (Å²) in [5, 5.41) is 6.15. The molecule has 6 nitrogen and oxygen atoms in total. The molecule has 0 saturated carbocycles. The van der Waals surface area contributed by atoms with E-state index < -0.39 is 0 Å². The molecular formula is C16H17ClN6. The van der Waals surface area contributed by atoms with Gasteiger partial charge in [-0.2, -0.15) is 5.10 Å². The number of nitrogens with zero attached hydrogens (tertiary/aromatic N) is 6. The van der Waals surface area contributed by atoms with Crippen molar-refractivity contribution in [1.82, 2.24) is 24.6 Å². The molecular weight excluding hydrogens is 312 g/mol. The standard InChI is InChI=1S/C16H17ClN6/c1-21-5-7-22(8-6-21)15-14-10-20-23(16(14)19-11-18-15)13-4-2-3-12(17)9-13/h2-4,9-11H,5-8H2,1H3. The first-order chi connectivity index (χ1) is 11.2.